The van der Waals surface area contributed by atoms with Gasteiger partial charge in [-0.15, -0.1) is 0 Å². The van der Waals surface area contributed by atoms with Crippen LogP contribution in [0.3, 0.4) is 0 Å². The Bertz CT molecular complexity index is 656. The lowest BCUT2D eigenvalue weighted by Crippen LogP contribution is -2.15. The first-order valence-corrected chi connectivity index (χ1v) is 6.06. The standard InChI is InChI=1S/C15H14F2N2O/c1-9-7-11(5-6-13(9)18)19-14(20)8-10-3-2-4-12(16)15(10)17/h2-7H,8,18H2,1H3,(H,19,20). The first kappa shape index (κ1) is 14.0. The number of hydrogen-bond donors (Lipinski definition) is 2. The zero-order valence-corrected chi connectivity index (χ0v) is 10.9. The van der Waals surface area contributed by atoms with E-state index in [1.54, 1.807) is 18.2 Å². The molecule has 0 atom stereocenters. The average molecular weight is 276 g/mol. The van der Waals surface area contributed by atoms with Gasteiger partial charge in [0.2, 0.25) is 5.91 Å². The number of benzene rings is 2. The van der Waals surface area contributed by atoms with Crippen molar-refractivity contribution >= 4 is 17.3 Å². The van der Waals surface area contributed by atoms with Crippen LogP contribution in [0.2, 0.25) is 0 Å². The van der Waals surface area contributed by atoms with Crippen LogP contribution in [-0.2, 0) is 11.2 Å². The molecule has 2 rings (SSSR count). The number of nitrogen functional groups attached to an aromatic ring is 1. The molecule has 0 saturated carbocycles. The van der Waals surface area contributed by atoms with E-state index in [1.807, 2.05) is 6.92 Å². The summed E-state index contributed by atoms with van der Waals surface area (Å²) < 4.78 is 26.5. The van der Waals surface area contributed by atoms with Crippen LogP contribution in [0, 0.1) is 18.6 Å². The third-order valence-electron chi connectivity index (χ3n) is 2.94. The normalized spacial score (nSPS) is 10.3. The monoisotopic (exact) mass is 276 g/mol. The molecule has 1 amide bonds. The largest absolute Gasteiger partial charge is 0.399 e. The van der Waals surface area contributed by atoms with Gasteiger partial charge in [0.25, 0.3) is 0 Å². The molecule has 2 aromatic rings. The van der Waals surface area contributed by atoms with Crippen molar-refractivity contribution in [2.45, 2.75) is 13.3 Å². The topological polar surface area (TPSA) is 55.1 Å². The first-order valence-electron chi connectivity index (χ1n) is 6.06. The van der Waals surface area contributed by atoms with Gasteiger partial charge < -0.3 is 11.1 Å². The van der Waals surface area contributed by atoms with Crippen molar-refractivity contribution in [3.8, 4) is 0 Å². The van der Waals surface area contributed by atoms with Crippen molar-refractivity contribution in [2.24, 2.45) is 0 Å². The van der Waals surface area contributed by atoms with Crippen LogP contribution in [0.25, 0.3) is 0 Å². The van der Waals surface area contributed by atoms with Crippen LogP contribution in [0.5, 0.6) is 0 Å². The van der Waals surface area contributed by atoms with E-state index in [-0.39, 0.29) is 12.0 Å². The Kier molecular flexibility index (Phi) is 3.98. The van der Waals surface area contributed by atoms with Crippen molar-refractivity contribution in [1.82, 2.24) is 0 Å². The molecule has 0 aromatic heterocycles. The van der Waals surface area contributed by atoms with E-state index in [0.29, 0.717) is 11.4 Å². The van der Waals surface area contributed by atoms with Gasteiger partial charge >= 0.3 is 0 Å². The summed E-state index contributed by atoms with van der Waals surface area (Å²) in [6.07, 6.45) is -0.229. The predicted octanol–water partition coefficient (Wildman–Crippen LogP) is 3.04. The number of amides is 1. The number of anilines is 2. The van der Waals surface area contributed by atoms with Gasteiger partial charge in [-0.1, -0.05) is 12.1 Å². The molecule has 0 heterocycles. The molecule has 3 nitrogen and oxygen atoms in total. The third kappa shape index (κ3) is 3.12. The molecule has 0 bridgehead atoms. The van der Waals surface area contributed by atoms with E-state index in [9.17, 15) is 13.6 Å². The number of carbonyl (C=O) groups is 1. The molecular formula is C15H14F2N2O. The molecule has 0 aliphatic rings. The third-order valence-corrected chi connectivity index (χ3v) is 2.94. The molecule has 0 aliphatic heterocycles. The summed E-state index contributed by atoms with van der Waals surface area (Å²) in [6, 6.07) is 8.81. The Morgan fingerprint density at radius 1 is 1.25 bits per heavy atom. The zero-order valence-electron chi connectivity index (χ0n) is 10.9. The molecule has 20 heavy (non-hydrogen) atoms. The van der Waals surface area contributed by atoms with Crippen LogP contribution in [0.15, 0.2) is 36.4 Å². The van der Waals surface area contributed by atoms with Crippen molar-refractivity contribution in [2.75, 3.05) is 11.1 Å². The Labute approximate surface area is 115 Å². The van der Waals surface area contributed by atoms with Crippen LogP contribution in [0.1, 0.15) is 11.1 Å². The highest BCUT2D eigenvalue weighted by Crippen LogP contribution is 2.17. The van der Waals surface area contributed by atoms with Gasteiger partial charge in [-0.2, -0.15) is 0 Å². The van der Waals surface area contributed by atoms with Gasteiger partial charge in [-0.25, -0.2) is 8.78 Å². The second kappa shape index (κ2) is 5.69. The van der Waals surface area contributed by atoms with Crippen LogP contribution < -0.4 is 11.1 Å². The summed E-state index contributed by atoms with van der Waals surface area (Å²) in [4.78, 5) is 11.8. The number of aryl methyl sites for hydroxylation is 1. The summed E-state index contributed by atoms with van der Waals surface area (Å²) in [5, 5.41) is 2.62. The highest BCUT2D eigenvalue weighted by atomic mass is 19.2. The molecule has 0 spiro atoms. The van der Waals surface area contributed by atoms with Gasteiger partial charge in [-0.3, -0.25) is 4.79 Å². The molecule has 0 radical (unpaired) electrons. The lowest BCUT2D eigenvalue weighted by Gasteiger charge is -2.08. The van der Waals surface area contributed by atoms with E-state index in [2.05, 4.69) is 5.32 Å². The average Bonchev–Trinajstić information content (AvgIpc) is 2.39. The minimum atomic E-state index is -0.990. The van der Waals surface area contributed by atoms with Crippen molar-refractivity contribution in [1.29, 1.82) is 0 Å². The predicted molar refractivity (Wildman–Crippen MR) is 74.3 cm³/mol. The maximum absolute atomic E-state index is 13.4. The van der Waals surface area contributed by atoms with Gasteiger partial charge in [-0.05, 0) is 36.8 Å². The Hall–Kier alpha value is -2.43. The lowest BCUT2D eigenvalue weighted by molar-refractivity contribution is -0.115. The number of rotatable bonds is 3. The molecule has 5 heteroatoms. The molecule has 0 fully saturated rings. The molecule has 0 aliphatic carbocycles. The van der Waals surface area contributed by atoms with Gasteiger partial charge in [0.05, 0.1) is 6.42 Å². The summed E-state index contributed by atoms with van der Waals surface area (Å²) in [5.41, 5.74) is 7.72. The Balaban J connectivity index is 2.09. The van der Waals surface area contributed by atoms with Crippen molar-refractivity contribution in [3.63, 3.8) is 0 Å². The summed E-state index contributed by atoms with van der Waals surface area (Å²) >= 11 is 0. The molecule has 104 valence electrons. The minimum absolute atomic E-state index is 0.0228. The molecule has 0 unspecified atom stereocenters. The molecule has 2 aromatic carbocycles. The van der Waals surface area contributed by atoms with E-state index in [0.717, 1.165) is 11.6 Å². The van der Waals surface area contributed by atoms with Crippen LogP contribution >= 0.6 is 0 Å². The van der Waals surface area contributed by atoms with Gasteiger partial charge in [0.15, 0.2) is 11.6 Å². The van der Waals surface area contributed by atoms with Crippen molar-refractivity contribution in [3.05, 3.63) is 59.2 Å². The van der Waals surface area contributed by atoms with Crippen LogP contribution in [-0.4, -0.2) is 5.91 Å². The highest BCUT2D eigenvalue weighted by molar-refractivity contribution is 5.92. The fraction of sp³-hybridized carbons (Fsp3) is 0.133. The maximum atomic E-state index is 13.4. The Morgan fingerprint density at radius 2 is 2.00 bits per heavy atom. The van der Waals surface area contributed by atoms with Gasteiger partial charge in [0, 0.05) is 16.9 Å². The highest BCUT2D eigenvalue weighted by Gasteiger charge is 2.12. The minimum Gasteiger partial charge on any atom is -0.399 e. The SMILES string of the molecule is Cc1cc(NC(=O)Cc2cccc(F)c2F)ccc1N. The van der Waals surface area contributed by atoms with E-state index in [4.69, 9.17) is 5.73 Å². The van der Waals surface area contributed by atoms with E-state index < -0.39 is 17.5 Å². The molecule has 3 N–H and O–H groups in total. The molecular weight excluding hydrogens is 262 g/mol. The lowest BCUT2D eigenvalue weighted by atomic mass is 10.1. The zero-order chi connectivity index (χ0) is 14.7. The number of carbonyl (C=O) groups excluding carboxylic acids is 1. The summed E-state index contributed by atoms with van der Waals surface area (Å²) in [5.74, 6) is -2.37. The summed E-state index contributed by atoms with van der Waals surface area (Å²) in [6.45, 7) is 1.82. The van der Waals surface area contributed by atoms with E-state index >= 15 is 0 Å². The fourth-order valence-corrected chi connectivity index (χ4v) is 1.82. The van der Waals surface area contributed by atoms with E-state index in [1.165, 1.54) is 12.1 Å². The number of halogens is 2. The smallest absolute Gasteiger partial charge is 0.228 e. The second-order valence-electron chi connectivity index (χ2n) is 4.51. The fourth-order valence-electron chi connectivity index (χ4n) is 1.82. The first-order chi connectivity index (χ1) is 9.47. The van der Waals surface area contributed by atoms with Gasteiger partial charge in [0.1, 0.15) is 0 Å². The Morgan fingerprint density at radius 3 is 2.70 bits per heavy atom. The number of nitrogens with one attached hydrogen (secondary N) is 1. The second-order valence-corrected chi connectivity index (χ2v) is 4.51. The summed E-state index contributed by atoms with van der Waals surface area (Å²) in [7, 11) is 0. The maximum Gasteiger partial charge on any atom is 0.228 e. The van der Waals surface area contributed by atoms with Crippen LogP contribution in [0.4, 0.5) is 20.2 Å². The number of nitrogens with two attached hydrogens (primary N) is 1. The van der Waals surface area contributed by atoms with Crippen molar-refractivity contribution < 1.29 is 13.6 Å². The quantitative estimate of drug-likeness (QED) is 0.847. The molecule has 0 saturated heterocycles. The number of hydrogen-bond acceptors (Lipinski definition) is 2.